The van der Waals surface area contributed by atoms with Crippen molar-refractivity contribution in [1.29, 1.82) is 0 Å². The van der Waals surface area contributed by atoms with Crippen molar-refractivity contribution in [2.24, 2.45) is 0 Å². The first-order chi connectivity index (χ1) is 16.3. The van der Waals surface area contributed by atoms with Crippen molar-refractivity contribution in [3.8, 4) is 18.6 Å². The highest BCUT2D eigenvalue weighted by Gasteiger charge is 2.32. The van der Waals surface area contributed by atoms with E-state index in [9.17, 15) is 13.5 Å². The van der Waals surface area contributed by atoms with Crippen LogP contribution in [0.5, 0.6) is 5.75 Å². The Morgan fingerprint density at radius 2 is 1.79 bits per heavy atom. The summed E-state index contributed by atoms with van der Waals surface area (Å²) in [5.41, 5.74) is 1.36. The SMILES string of the molecule is C#C.CCC.Cc1cc(CNc2nsnc2Nc2csc(S(=O)(=O)N3CCCC3)c2O)oc1C. The summed E-state index contributed by atoms with van der Waals surface area (Å²) in [5.74, 6) is 2.26. The summed E-state index contributed by atoms with van der Waals surface area (Å²) < 4.78 is 40.9. The molecule has 0 spiro atoms. The maximum absolute atomic E-state index is 12.7. The van der Waals surface area contributed by atoms with Crippen molar-refractivity contribution < 1.29 is 17.9 Å². The Balaban J connectivity index is 0.000000758. The second-order valence-corrected chi connectivity index (χ2v) is 11.0. The molecule has 0 saturated carbocycles. The average molecular weight is 526 g/mol. The molecule has 1 fully saturated rings. The van der Waals surface area contributed by atoms with Crippen LogP contribution in [0.25, 0.3) is 0 Å². The first-order valence-corrected chi connectivity index (χ1v) is 13.9. The minimum absolute atomic E-state index is 0.0545. The van der Waals surface area contributed by atoms with Crippen LogP contribution in [0.2, 0.25) is 0 Å². The molecule has 3 N–H and O–H groups in total. The standard InChI is InChI=1S/C17H21N5O4S3.C3H8.C2H2/c1-10-7-12(26-11(10)2)8-18-15-16(21-28-20-15)19-13-9-27-17(14(13)23)29(24,25)22-5-3-4-6-22;1-3-2;1-2/h7,9,23H,3-6,8H2,1-2H3,(H,18,20)(H,19,21);3H2,1-2H3;1-2H. The second kappa shape index (κ2) is 12.8. The zero-order chi connectivity index (χ0) is 25.3. The molecule has 0 unspecified atom stereocenters. The van der Waals surface area contributed by atoms with E-state index in [2.05, 4.69) is 46.1 Å². The Hall–Kier alpha value is -2.59. The lowest BCUT2D eigenvalue weighted by atomic mass is 10.3. The average Bonchev–Trinajstić information content (AvgIpc) is 3.60. The number of sulfonamides is 1. The molecule has 1 saturated heterocycles. The summed E-state index contributed by atoms with van der Waals surface area (Å²) in [5, 5.41) is 18.2. The maximum Gasteiger partial charge on any atom is 0.256 e. The lowest BCUT2D eigenvalue weighted by molar-refractivity contribution is 0.451. The molecule has 3 aromatic heterocycles. The molecule has 9 nitrogen and oxygen atoms in total. The van der Waals surface area contributed by atoms with E-state index in [-0.39, 0.29) is 15.6 Å². The Morgan fingerprint density at radius 3 is 2.38 bits per heavy atom. The quantitative estimate of drug-likeness (QED) is 0.354. The summed E-state index contributed by atoms with van der Waals surface area (Å²) >= 11 is 2.00. The van der Waals surface area contributed by atoms with Gasteiger partial charge in [-0.15, -0.1) is 24.2 Å². The van der Waals surface area contributed by atoms with E-state index in [4.69, 9.17) is 4.42 Å². The zero-order valence-corrected chi connectivity index (χ0v) is 22.2. The minimum Gasteiger partial charge on any atom is -0.504 e. The number of anilines is 3. The highest BCUT2D eigenvalue weighted by atomic mass is 32.2. The van der Waals surface area contributed by atoms with Gasteiger partial charge in [0.05, 0.1) is 24.0 Å². The molecule has 0 aliphatic carbocycles. The normalized spacial score (nSPS) is 13.5. The lowest BCUT2D eigenvalue weighted by Crippen LogP contribution is -2.27. The lowest BCUT2D eigenvalue weighted by Gasteiger charge is -2.14. The number of nitrogens with one attached hydrogen (secondary N) is 2. The largest absolute Gasteiger partial charge is 0.504 e. The number of aryl methyl sites for hydroxylation is 2. The van der Waals surface area contributed by atoms with Crippen molar-refractivity contribution in [3.63, 3.8) is 0 Å². The topological polar surface area (TPSA) is 121 Å². The number of rotatable bonds is 7. The molecule has 34 heavy (non-hydrogen) atoms. The molecule has 0 bridgehead atoms. The number of hydrogen-bond donors (Lipinski definition) is 3. The maximum atomic E-state index is 12.7. The van der Waals surface area contributed by atoms with E-state index < -0.39 is 10.0 Å². The molecular formula is C22H31N5O4S3. The molecule has 0 radical (unpaired) electrons. The van der Waals surface area contributed by atoms with Crippen LogP contribution in [-0.4, -0.2) is 39.7 Å². The molecule has 0 atom stereocenters. The monoisotopic (exact) mass is 525 g/mol. The Bertz CT molecular complexity index is 1150. The number of thiophene rings is 1. The van der Waals surface area contributed by atoms with Crippen molar-refractivity contribution >= 4 is 50.4 Å². The van der Waals surface area contributed by atoms with Crippen LogP contribution in [0, 0.1) is 26.7 Å². The van der Waals surface area contributed by atoms with Crippen LogP contribution in [-0.2, 0) is 16.6 Å². The highest BCUT2D eigenvalue weighted by molar-refractivity contribution is 7.91. The molecule has 0 aromatic carbocycles. The van der Waals surface area contributed by atoms with E-state index in [1.165, 1.54) is 10.7 Å². The fourth-order valence-corrected chi connectivity index (χ4v) is 6.45. The Morgan fingerprint density at radius 1 is 1.18 bits per heavy atom. The molecule has 1 aliphatic rings. The van der Waals surface area contributed by atoms with E-state index in [1.807, 2.05) is 19.9 Å². The van der Waals surface area contributed by atoms with Crippen LogP contribution >= 0.6 is 23.1 Å². The third-order valence-electron chi connectivity index (χ3n) is 4.76. The third kappa shape index (κ3) is 6.50. The van der Waals surface area contributed by atoms with Crippen molar-refractivity contribution in [2.75, 3.05) is 23.7 Å². The van der Waals surface area contributed by atoms with Gasteiger partial charge < -0.3 is 20.2 Å². The minimum atomic E-state index is -3.69. The highest BCUT2D eigenvalue weighted by Crippen LogP contribution is 2.41. The van der Waals surface area contributed by atoms with Crippen LogP contribution in [0.15, 0.2) is 20.1 Å². The number of furan rings is 1. The fraction of sp³-hybridized carbons (Fsp3) is 0.455. The number of aromatic nitrogens is 2. The summed E-state index contributed by atoms with van der Waals surface area (Å²) in [6.45, 7) is 9.53. The van der Waals surface area contributed by atoms with Gasteiger partial charge in [-0.3, -0.25) is 0 Å². The van der Waals surface area contributed by atoms with Gasteiger partial charge in [0.2, 0.25) is 0 Å². The molecule has 12 heteroatoms. The first-order valence-electron chi connectivity index (χ1n) is 10.8. The number of terminal acetylenes is 1. The van der Waals surface area contributed by atoms with Crippen LogP contribution < -0.4 is 10.6 Å². The van der Waals surface area contributed by atoms with Gasteiger partial charge in [0.15, 0.2) is 21.6 Å². The van der Waals surface area contributed by atoms with Crippen molar-refractivity contribution in [1.82, 2.24) is 13.1 Å². The molecule has 0 amide bonds. The van der Waals surface area contributed by atoms with Gasteiger partial charge in [-0.05, 0) is 38.3 Å². The van der Waals surface area contributed by atoms with Gasteiger partial charge >= 0.3 is 0 Å². The zero-order valence-electron chi connectivity index (χ0n) is 19.8. The second-order valence-electron chi connectivity index (χ2n) is 7.50. The van der Waals surface area contributed by atoms with Crippen molar-refractivity contribution in [2.45, 2.75) is 57.7 Å². The van der Waals surface area contributed by atoms with E-state index in [0.29, 0.717) is 31.3 Å². The molecular weight excluding hydrogens is 494 g/mol. The van der Waals surface area contributed by atoms with Gasteiger partial charge in [-0.25, -0.2) is 8.42 Å². The van der Waals surface area contributed by atoms with E-state index in [1.54, 1.807) is 5.38 Å². The number of aromatic hydroxyl groups is 1. The summed E-state index contributed by atoms with van der Waals surface area (Å²) in [4.78, 5) is 0. The van der Waals surface area contributed by atoms with E-state index in [0.717, 1.165) is 53.0 Å². The number of nitrogens with zero attached hydrogens (tertiary/aromatic N) is 3. The molecule has 1 aliphatic heterocycles. The molecule has 3 aromatic rings. The number of hydrogen-bond acceptors (Lipinski definition) is 10. The molecule has 4 rings (SSSR count). The Kier molecular flexibility index (Phi) is 10.4. The van der Waals surface area contributed by atoms with Crippen LogP contribution in [0.1, 0.15) is 50.2 Å². The van der Waals surface area contributed by atoms with Gasteiger partial charge in [0.25, 0.3) is 10.0 Å². The van der Waals surface area contributed by atoms with Crippen LogP contribution in [0.3, 0.4) is 0 Å². The third-order valence-corrected chi connectivity index (χ3v) is 8.68. The van der Waals surface area contributed by atoms with Gasteiger partial charge in [-0.2, -0.15) is 13.1 Å². The van der Waals surface area contributed by atoms with E-state index >= 15 is 0 Å². The Labute approximate surface area is 209 Å². The van der Waals surface area contributed by atoms with Crippen LogP contribution in [0.4, 0.5) is 17.3 Å². The summed E-state index contributed by atoms with van der Waals surface area (Å²) in [6.07, 6.45) is 10.9. The van der Waals surface area contributed by atoms with Gasteiger partial charge in [0.1, 0.15) is 11.5 Å². The summed E-state index contributed by atoms with van der Waals surface area (Å²) in [6, 6.07) is 1.95. The predicted octanol–water partition coefficient (Wildman–Crippen LogP) is 5.32. The smallest absolute Gasteiger partial charge is 0.256 e. The van der Waals surface area contributed by atoms with Gasteiger partial charge in [0, 0.05) is 18.5 Å². The van der Waals surface area contributed by atoms with Gasteiger partial charge in [-0.1, -0.05) is 20.3 Å². The predicted molar refractivity (Wildman–Crippen MR) is 139 cm³/mol. The first kappa shape index (κ1) is 27.7. The van der Waals surface area contributed by atoms with Crippen molar-refractivity contribution in [3.05, 3.63) is 28.5 Å². The molecule has 186 valence electrons. The summed E-state index contributed by atoms with van der Waals surface area (Å²) in [7, 11) is -3.69. The molecule has 4 heterocycles. The fourth-order valence-electron chi connectivity index (χ4n) is 3.07.